The van der Waals surface area contributed by atoms with Gasteiger partial charge < -0.3 is 9.15 Å². The summed E-state index contributed by atoms with van der Waals surface area (Å²) in [4.78, 5) is 12.8. The van der Waals surface area contributed by atoms with Gasteiger partial charge in [-0.3, -0.25) is 13.8 Å². The van der Waals surface area contributed by atoms with Gasteiger partial charge in [-0.05, 0) is 44.6 Å². The van der Waals surface area contributed by atoms with E-state index in [4.69, 9.17) is 9.15 Å². The minimum absolute atomic E-state index is 0.140. The number of methoxy groups -OCH3 is 1. The topological polar surface area (TPSA) is 92.9 Å². The number of aromatic nitrogens is 6. The largest absolute Gasteiger partial charge is 0.494 e. The molecule has 0 spiro atoms. The van der Waals surface area contributed by atoms with E-state index in [-0.39, 0.29) is 17.4 Å². The second-order valence-electron chi connectivity index (χ2n) is 8.89. The van der Waals surface area contributed by atoms with E-state index in [0.717, 1.165) is 37.1 Å². The molecule has 5 rings (SSSR count). The van der Waals surface area contributed by atoms with Crippen molar-refractivity contribution in [1.82, 2.24) is 29.1 Å². The highest BCUT2D eigenvalue weighted by Gasteiger charge is 2.28. The van der Waals surface area contributed by atoms with Crippen molar-refractivity contribution in [3.63, 3.8) is 0 Å². The molecular formula is C23H27FN6O3. The van der Waals surface area contributed by atoms with Gasteiger partial charge in [-0.2, -0.15) is 5.10 Å². The van der Waals surface area contributed by atoms with Crippen LogP contribution in [0.5, 0.6) is 5.75 Å². The first kappa shape index (κ1) is 21.4. The quantitative estimate of drug-likeness (QED) is 0.458. The summed E-state index contributed by atoms with van der Waals surface area (Å²) in [6.07, 6.45) is 3.70. The number of nitrogens with zero attached hydrogens (tertiary/aromatic N) is 6. The van der Waals surface area contributed by atoms with Crippen molar-refractivity contribution < 1.29 is 13.5 Å². The van der Waals surface area contributed by atoms with Gasteiger partial charge >= 0.3 is 5.69 Å². The Kier molecular flexibility index (Phi) is 5.30. The van der Waals surface area contributed by atoms with E-state index in [1.54, 1.807) is 22.4 Å². The summed E-state index contributed by atoms with van der Waals surface area (Å²) in [6, 6.07) is 4.90. The molecule has 0 N–H and O–H groups in total. The highest BCUT2D eigenvalue weighted by molar-refractivity contribution is 5.78. The molecule has 0 unspecified atom stereocenters. The molecule has 33 heavy (non-hydrogen) atoms. The number of halogens is 1. The average molecular weight is 455 g/mol. The van der Waals surface area contributed by atoms with Crippen LogP contribution in [0, 0.1) is 18.7 Å². The third kappa shape index (κ3) is 3.73. The van der Waals surface area contributed by atoms with E-state index in [1.165, 1.54) is 17.7 Å². The monoisotopic (exact) mass is 454 g/mol. The molecule has 0 bridgehead atoms. The molecule has 0 aliphatic heterocycles. The molecule has 3 heterocycles. The minimum atomic E-state index is -0.474. The smallest absolute Gasteiger partial charge is 0.328 e. The number of imidazole rings is 1. The predicted molar refractivity (Wildman–Crippen MR) is 120 cm³/mol. The Morgan fingerprint density at radius 1 is 1.12 bits per heavy atom. The number of benzene rings is 1. The van der Waals surface area contributed by atoms with Crippen molar-refractivity contribution in [2.24, 2.45) is 20.0 Å². The Balaban J connectivity index is 1.31. The van der Waals surface area contributed by atoms with Crippen LogP contribution in [-0.4, -0.2) is 36.2 Å². The van der Waals surface area contributed by atoms with Gasteiger partial charge in [0.1, 0.15) is 5.69 Å². The van der Waals surface area contributed by atoms with Gasteiger partial charge in [0.05, 0.1) is 23.8 Å². The fraction of sp³-hybridized carbons (Fsp3) is 0.478. The highest BCUT2D eigenvalue weighted by atomic mass is 19.1. The fourth-order valence-electron chi connectivity index (χ4n) is 4.90. The molecule has 1 aromatic carbocycles. The molecule has 4 aromatic rings. The van der Waals surface area contributed by atoms with E-state index in [2.05, 4.69) is 15.3 Å². The van der Waals surface area contributed by atoms with Crippen LogP contribution in [0.3, 0.4) is 0 Å². The van der Waals surface area contributed by atoms with Gasteiger partial charge in [0, 0.05) is 38.7 Å². The molecule has 3 aromatic heterocycles. The van der Waals surface area contributed by atoms with Crippen molar-refractivity contribution >= 4 is 11.0 Å². The first-order valence-corrected chi connectivity index (χ1v) is 11.1. The Morgan fingerprint density at radius 2 is 1.88 bits per heavy atom. The van der Waals surface area contributed by atoms with Gasteiger partial charge in [-0.1, -0.05) is 0 Å². The summed E-state index contributed by atoms with van der Waals surface area (Å²) in [6.45, 7) is 2.51. The van der Waals surface area contributed by atoms with Crippen LogP contribution >= 0.6 is 0 Å². The van der Waals surface area contributed by atoms with Gasteiger partial charge in [-0.15, -0.1) is 10.2 Å². The molecule has 0 atom stereocenters. The van der Waals surface area contributed by atoms with E-state index in [0.29, 0.717) is 35.3 Å². The number of ether oxygens (including phenoxy) is 1. The minimum Gasteiger partial charge on any atom is -0.494 e. The normalized spacial score (nSPS) is 18.8. The lowest BCUT2D eigenvalue weighted by Gasteiger charge is -2.26. The molecule has 1 aliphatic carbocycles. The lowest BCUT2D eigenvalue weighted by Crippen LogP contribution is -2.27. The van der Waals surface area contributed by atoms with Crippen LogP contribution in [0.2, 0.25) is 0 Å². The maximum atomic E-state index is 14.2. The van der Waals surface area contributed by atoms with E-state index < -0.39 is 5.82 Å². The van der Waals surface area contributed by atoms with Crippen LogP contribution in [0.25, 0.3) is 22.6 Å². The zero-order chi connectivity index (χ0) is 23.3. The number of hydrogen-bond acceptors (Lipinski definition) is 6. The van der Waals surface area contributed by atoms with Gasteiger partial charge in [0.25, 0.3) is 5.89 Å². The Labute approximate surface area is 189 Å². The summed E-state index contributed by atoms with van der Waals surface area (Å²) >= 11 is 0. The SMILES string of the molecule is COc1cc2c(cc1F)n(C)c(=O)n2C[C@H]1CC[C@H](c2nnc(-c3cc(C)nn3C)o2)CC1. The van der Waals surface area contributed by atoms with Crippen LogP contribution in [0.15, 0.2) is 27.4 Å². The summed E-state index contributed by atoms with van der Waals surface area (Å²) < 4.78 is 30.2. The standard InChI is InChI=1S/C23H27FN6O3/c1-13-9-19(29(3)27-13)22-26-25-21(33-22)15-7-5-14(6-8-15)12-30-18-11-20(32-4)16(24)10-17(18)28(2)23(30)31/h9-11,14-15H,5-8,12H2,1-4H3/t14-,15-. The second-order valence-corrected chi connectivity index (χ2v) is 8.89. The third-order valence-electron chi connectivity index (χ3n) is 6.72. The number of hydrogen-bond donors (Lipinski definition) is 0. The van der Waals surface area contributed by atoms with Gasteiger partial charge in [0.15, 0.2) is 11.6 Å². The maximum Gasteiger partial charge on any atom is 0.328 e. The molecule has 0 amide bonds. The van der Waals surface area contributed by atoms with Crippen molar-refractivity contribution in [3.8, 4) is 17.3 Å². The summed E-state index contributed by atoms with van der Waals surface area (Å²) in [5.41, 5.74) is 2.82. The molecule has 9 nitrogen and oxygen atoms in total. The molecule has 174 valence electrons. The molecular weight excluding hydrogens is 427 g/mol. The summed E-state index contributed by atoms with van der Waals surface area (Å²) in [5.74, 6) is 1.35. The summed E-state index contributed by atoms with van der Waals surface area (Å²) in [7, 11) is 4.95. The second kappa shape index (κ2) is 8.17. The molecule has 0 saturated heterocycles. The first-order chi connectivity index (χ1) is 15.9. The van der Waals surface area contributed by atoms with Crippen molar-refractivity contribution in [2.45, 2.75) is 45.1 Å². The van der Waals surface area contributed by atoms with E-state index >= 15 is 0 Å². The Morgan fingerprint density at radius 3 is 2.55 bits per heavy atom. The predicted octanol–water partition coefficient (Wildman–Crippen LogP) is 3.55. The lowest BCUT2D eigenvalue weighted by atomic mass is 9.82. The maximum absolute atomic E-state index is 14.2. The Hall–Kier alpha value is -3.43. The fourth-order valence-corrected chi connectivity index (χ4v) is 4.90. The van der Waals surface area contributed by atoms with Gasteiger partial charge in [-0.25, -0.2) is 9.18 Å². The molecule has 1 aliphatic rings. The molecule has 1 fully saturated rings. The van der Waals surface area contributed by atoms with Crippen LogP contribution in [0.1, 0.15) is 43.2 Å². The number of fused-ring (bicyclic) bond motifs is 1. The van der Waals surface area contributed by atoms with Crippen molar-refractivity contribution in [2.75, 3.05) is 7.11 Å². The molecule has 0 radical (unpaired) electrons. The van der Waals surface area contributed by atoms with Crippen molar-refractivity contribution in [3.05, 3.63) is 46.1 Å². The highest BCUT2D eigenvalue weighted by Crippen LogP contribution is 2.37. The van der Waals surface area contributed by atoms with E-state index in [1.807, 2.05) is 20.0 Å². The van der Waals surface area contributed by atoms with Crippen molar-refractivity contribution in [1.29, 1.82) is 0 Å². The summed E-state index contributed by atoms with van der Waals surface area (Å²) in [5, 5.41) is 12.9. The van der Waals surface area contributed by atoms with Crippen LogP contribution in [0.4, 0.5) is 4.39 Å². The number of rotatable bonds is 5. The van der Waals surface area contributed by atoms with Crippen LogP contribution in [-0.2, 0) is 20.6 Å². The molecule has 1 saturated carbocycles. The zero-order valence-electron chi connectivity index (χ0n) is 19.2. The van der Waals surface area contributed by atoms with E-state index in [9.17, 15) is 9.18 Å². The molecule has 10 heteroatoms. The van der Waals surface area contributed by atoms with Crippen LogP contribution < -0.4 is 10.4 Å². The third-order valence-corrected chi connectivity index (χ3v) is 6.72. The zero-order valence-corrected chi connectivity index (χ0v) is 19.2. The number of aryl methyl sites for hydroxylation is 3. The van der Waals surface area contributed by atoms with Gasteiger partial charge in [0.2, 0.25) is 5.89 Å². The lowest BCUT2D eigenvalue weighted by molar-refractivity contribution is 0.270. The first-order valence-electron chi connectivity index (χ1n) is 11.1. The average Bonchev–Trinajstić information content (AvgIpc) is 3.47. The Bertz CT molecular complexity index is 1370.